The average Bonchev–Trinajstić information content (AvgIpc) is 3.09. The van der Waals surface area contributed by atoms with Gasteiger partial charge in [0.2, 0.25) is 0 Å². The van der Waals surface area contributed by atoms with Crippen molar-refractivity contribution in [3.05, 3.63) is 106 Å². The van der Waals surface area contributed by atoms with Gasteiger partial charge >= 0.3 is 0 Å². The second kappa shape index (κ2) is 10.8. The van der Waals surface area contributed by atoms with E-state index in [9.17, 15) is 14.7 Å². The Balaban J connectivity index is 1.78. The van der Waals surface area contributed by atoms with E-state index in [2.05, 4.69) is 13.8 Å². The second-order valence-electron chi connectivity index (χ2n) is 9.02. The third kappa shape index (κ3) is 5.57. The van der Waals surface area contributed by atoms with Crippen LogP contribution in [-0.4, -0.2) is 28.3 Å². The standard InChI is InChI=1S/C29H28ClNO4/c1-19(2)15-16-35-24-10-6-9-22(17-24)26-25(27(32)21-11-13-23(30)14-12-21)28(33)29(34)31(26)18-20-7-4-3-5-8-20/h3-14,17,19,26,32H,15-16,18H2,1-2H3. The normalized spacial score (nSPS) is 17.3. The minimum atomic E-state index is -0.764. The Hall–Kier alpha value is -3.57. The number of benzene rings is 3. The highest BCUT2D eigenvalue weighted by molar-refractivity contribution is 6.46. The van der Waals surface area contributed by atoms with Gasteiger partial charge in [-0.3, -0.25) is 9.59 Å². The molecule has 1 N–H and O–H groups in total. The molecule has 4 rings (SSSR count). The van der Waals surface area contributed by atoms with E-state index in [1.165, 1.54) is 4.90 Å². The maximum absolute atomic E-state index is 13.2. The summed E-state index contributed by atoms with van der Waals surface area (Å²) in [5.41, 5.74) is 2.04. The highest BCUT2D eigenvalue weighted by Crippen LogP contribution is 2.41. The van der Waals surface area contributed by atoms with Crippen molar-refractivity contribution in [2.24, 2.45) is 5.92 Å². The van der Waals surface area contributed by atoms with Gasteiger partial charge in [0.15, 0.2) is 0 Å². The molecule has 1 amide bonds. The van der Waals surface area contributed by atoms with E-state index in [1.807, 2.05) is 54.6 Å². The number of halogens is 1. The quantitative estimate of drug-likeness (QED) is 0.226. The molecule has 180 valence electrons. The first-order valence-electron chi connectivity index (χ1n) is 11.7. The summed E-state index contributed by atoms with van der Waals surface area (Å²) in [7, 11) is 0. The Bertz CT molecular complexity index is 1240. The predicted octanol–water partition coefficient (Wildman–Crippen LogP) is 6.39. The number of likely N-dealkylation sites (tertiary alicyclic amines) is 1. The molecule has 1 unspecified atom stereocenters. The summed E-state index contributed by atoms with van der Waals surface area (Å²) >= 11 is 6.00. The first-order valence-corrected chi connectivity index (χ1v) is 12.0. The van der Waals surface area contributed by atoms with E-state index in [-0.39, 0.29) is 17.9 Å². The summed E-state index contributed by atoms with van der Waals surface area (Å²) in [6, 6.07) is 22.6. The Morgan fingerprint density at radius 2 is 1.71 bits per heavy atom. The van der Waals surface area contributed by atoms with Crippen LogP contribution >= 0.6 is 11.6 Å². The van der Waals surface area contributed by atoms with Crippen LogP contribution < -0.4 is 4.74 Å². The Morgan fingerprint density at radius 1 is 1.00 bits per heavy atom. The van der Waals surface area contributed by atoms with Gasteiger partial charge in [0, 0.05) is 17.1 Å². The fourth-order valence-corrected chi connectivity index (χ4v) is 4.25. The third-order valence-corrected chi connectivity index (χ3v) is 6.24. The van der Waals surface area contributed by atoms with Crippen molar-refractivity contribution in [1.82, 2.24) is 4.90 Å². The van der Waals surface area contributed by atoms with E-state index in [4.69, 9.17) is 16.3 Å². The molecule has 5 nitrogen and oxygen atoms in total. The van der Waals surface area contributed by atoms with Crippen LogP contribution in [0.25, 0.3) is 5.76 Å². The highest BCUT2D eigenvalue weighted by atomic mass is 35.5. The lowest BCUT2D eigenvalue weighted by molar-refractivity contribution is -0.140. The van der Waals surface area contributed by atoms with Gasteiger partial charge in [-0.2, -0.15) is 0 Å². The predicted molar refractivity (Wildman–Crippen MR) is 137 cm³/mol. The fraction of sp³-hybridized carbons (Fsp3) is 0.241. The number of Topliss-reactive ketones (excluding diaryl/α,β-unsaturated/α-hetero) is 1. The number of carbonyl (C=O) groups excluding carboxylic acids is 2. The summed E-state index contributed by atoms with van der Waals surface area (Å²) in [6.07, 6.45) is 0.910. The number of nitrogens with zero attached hydrogens (tertiary/aromatic N) is 1. The van der Waals surface area contributed by atoms with Crippen molar-refractivity contribution in [2.45, 2.75) is 32.9 Å². The van der Waals surface area contributed by atoms with Crippen LogP contribution in [0.3, 0.4) is 0 Å². The number of rotatable bonds is 8. The Labute approximate surface area is 210 Å². The first-order chi connectivity index (χ1) is 16.8. The van der Waals surface area contributed by atoms with Crippen molar-refractivity contribution in [2.75, 3.05) is 6.61 Å². The molecule has 0 aromatic heterocycles. The molecule has 0 radical (unpaired) electrons. The number of ether oxygens (including phenoxy) is 1. The van der Waals surface area contributed by atoms with Crippen LogP contribution in [0.15, 0.2) is 84.4 Å². The lowest BCUT2D eigenvalue weighted by atomic mass is 9.95. The number of aliphatic hydroxyl groups is 1. The lowest BCUT2D eigenvalue weighted by Gasteiger charge is -2.26. The molecule has 1 aliphatic heterocycles. The number of amides is 1. The fourth-order valence-electron chi connectivity index (χ4n) is 4.12. The van der Waals surface area contributed by atoms with Gasteiger partial charge in [0.05, 0.1) is 18.2 Å². The van der Waals surface area contributed by atoms with Gasteiger partial charge in [0.25, 0.3) is 11.7 Å². The molecule has 0 aliphatic carbocycles. The minimum Gasteiger partial charge on any atom is -0.507 e. The Morgan fingerprint density at radius 3 is 2.40 bits per heavy atom. The average molecular weight is 490 g/mol. The number of aliphatic hydroxyl groups excluding tert-OH is 1. The monoisotopic (exact) mass is 489 g/mol. The molecule has 0 saturated carbocycles. The molecule has 0 spiro atoms. The molecule has 1 fully saturated rings. The summed E-state index contributed by atoms with van der Waals surface area (Å²) < 4.78 is 5.94. The Kier molecular flexibility index (Phi) is 7.57. The van der Waals surface area contributed by atoms with Crippen molar-refractivity contribution in [1.29, 1.82) is 0 Å². The number of hydrogen-bond acceptors (Lipinski definition) is 4. The first kappa shape index (κ1) is 24.6. The van der Waals surface area contributed by atoms with E-state index in [1.54, 1.807) is 24.3 Å². The van der Waals surface area contributed by atoms with E-state index in [0.29, 0.717) is 34.4 Å². The van der Waals surface area contributed by atoms with E-state index >= 15 is 0 Å². The maximum atomic E-state index is 13.2. The summed E-state index contributed by atoms with van der Waals surface area (Å²) in [5.74, 6) is -0.438. The highest BCUT2D eigenvalue weighted by Gasteiger charge is 2.46. The minimum absolute atomic E-state index is 0.0487. The van der Waals surface area contributed by atoms with Gasteiger partial charge in [-0.05, 0) is 59.9 Å². The topological polar surface area (TPSA) is 66.8 Å². The molecular weight excluding hydrogens is 462 g/mol. The molecule has 3 aromatic rings. The number of ketones is 1. The van der Waals surface area contributed by atoms with Gasteiger partial charge in [-0.15, -0.1) is 0 Å². The van der Waals surface area contributed by atoms with Gasteiger partial charge in [-0.1, -0.05) is 67.9 Å². The van der Waals surface area contributed by atoms with Crippen molar-refractivity contribution in [3.63, 3.8) is 0 Å². The summed E-state index contributed by atoms with van der Waals surface area (Å²) in [4.78, 5) is 27.9. The molecule has 35 heavy (non-hydrogen) atoms. The van der Waals surface area contributed by atoms with Crippen molar-refractivity contribution >= 4 is 29.1 Å². The van der Waals surface area contributed by atoms with E-state index in [0.717, 1.165) is 12.0 Å². The van der Waals surface area contributed by atoms with Crippen LogP contribution in [0.5, 0.6) is 5.75 Å². The molecule has 6 heteroatoms. The smallest absolute Gasteiger partial charge is 0.295 e. The van der Waals surface area contributed by atoms with Crippen LogP contribution in [0.4, 0.5) is 0 Å². The molecule has 1 aliphatic rings. The molecule has 1 atom stereocenters. The van der Waals surface area contributed by atoms with Crippen molar-refractivity contribution < 1.29 is 19.4 Å². The number of carbonyl (C=O) groups is 2. The van der Waals surface area contributed by atoms with Gasteiger partial charge in [0.1, 0.15) is 11.5 Å². The third-order valence-electron chi connectivity index (χ3n) is 5.99. The van der Waals surface area contributed by atoms with Crippen molar-refractivity contribution in [3.8, 4) is 5.75 Å². The van der Waals surface area contributed by atoms with Crippen LogP contribution in [0.2, 0.25) is 5.02 Å². The zero-order valence-corrected chi connectivity index (χ0v) is 20.5. The summed E-state index contributed by atoms with van der Waals surface area (Å²) in [5, 5.41) is 11.7. The lowest BCUT2D eigenvalue weighted by Crippen LogP contribution is -2.29. The molecule has 1 saturated heterocycles. The number of hydrogen-bond donors (Lipinski definition) is 1. The van der Waals surface area contributed by atoms with Gasteiger partial charge < -0.3 is 14.7 Å². The SMILES string of the molecule is CC(C)CCOc1cccc(C2C(=C(O)c3ccc(Cl)cc3)C(=O)C(=O)N2Cc2ccccc2)c1. The van der Waals surface area contributed by atoms with Crippen LogP contribution in [0.1, 0.15) is 43.0 Å². The summed E-state index contributed by atoms with van der Waals surface area (Å²) in [6.45, 7) is 5.06. The second-order valence-corrected chi connectivity index (χ2v) is 9.46. The molecule has 0 bridgehead atoms. The molecular formula is C29H28ClNO4. The zero-order valence-electron chi connectivity index (χ0n) is 19.8. The molecule has 3 aromatic carbocycles. The van der Waals surface area contributed by atoms with Gasteiger partial charge in [-0.25, -0.2) is 0 Å². The molecule has 1 heterocycles. The van der Waals surface area contributed by atoms with Crippen LogP contribution in [0, 0.1) is 5.92 Å². The largest absolute Gasteiger partial charge is 0.507 e. The zero-order chi connectivity index (χ0) is 24.9. The maximum Gasteiger partial charge on any atom is 0.295 e. The van der Waals surface area contributed by atoms with Crippen LogP contribution in [-0.2, 0) is 16.1 Å². The van der Waals surface area contributed by atoms with E-state index < -0.39 is 17.7 Å².